The summed E-state index contributed by atoms with van der Waals surface area (Å²) in [5.41, 5.74) is 13.0. The fourth-order valence-corrected chi connectivity index (χ4v) is 16.6. The van der Waals surface area contributed by atoms with Crippen molar-refractivity contribution in [2.45, 2.75) is 0 Å². The lowest BCUT2D eigenvalue weighted by Crippen LogP contribution is -2.74. The zero-order chi connectivity index (χ0) is 49.7. The first kappa shape index (κ1) is 44.1. The largest absolute Gasteiger partial charge is 0.293 e. The highest BCUT2D eigenvalue weighted by molar-refractivity contribution is 7.20. The van der Waals surface area contributed by atoms with Gasteiger partial charge in [-0.05, 0) is 55.1 Å². The van der Waals surface area contributed by atoms with E-state index in [0.717, 1.165) is 82.9 Å². The molecular weight excluding hydrogens is 925 g/mol. The van der Waals surface area contributed by atoms with Crippen molar-refractivity contribution in [3.8, 4) is 56.4 Å². The van der Waals surface area contributed by atoms with E-state index in [0.29, 0.717) is 5.95 Å². The molecule has 11 aromatic carbocycles. The van der Waals surface area contributed by atoms with Gasteiger partial charge < -0.3 is 0 Å². The van der Waals surface area contributed by atoms with E-state index in [4.69, 9.17) is 9.97 Å². The quantitative estimate of drug-likeness (QED) is 0.101. The summed E-state index contributed by atoms with van der Waals surface area (Å²) in [5, 5.41) is 9.79. The van der Waals surface area contributed by atoms with Crippen LogP contribution in [0.25, 0.3) is 100 Å². The molecule has 3 aromatic heterocycles. The Morgan fingerprint density at radius 3 is 1.20 bits per heavy atom. The molecule has 0 aliphatic carbocycles. The van der Waals surface area contributed by atoms with Crippen molar-refractivity contribution in [2.24, 2.45) is 0 Å². The SMILES string of the molecule is c1ccc(-c2cccc([Si](c3ccccc3)(c3ccccc3)c3cccc(-c4cc(-n5c6ccccc6c6cccc(-c7ccccc7)c65)nc(-n5c6ccccc6c6cccc(-c7ccccc7)c65)n4)c3)c2)cc1. The van der Waals surface area contributed by atoms with Crippen LogP contribution in [0.2, 0.25) is 0 Å². The summed E-state index contributed by atoms with van der Waals surface area (Å²) in [6.07, 6.45) is 0. The van der Waals surface area contributed by atoms with E-state index in [1.807, 2.05) is 0 Å². The Balaban J connectivity index is 1.09. The molecule has 0 atom stereocenters. The van der Waals surface area contributed by atoms with E-state index in [1.165, 1.54) is 31.9 Å². The minimum absolute atomic E-state index is 0.593. The van der Waals surface area contributed by atoms with Gasteiger partial charge in [-0.25, -0.2) is 4.98 Å². The van der Waals surface area contributed by atoms with Crippen molar-refractivity contribution < 1.29 is 0 Å². The molecule has 0 aliphatic heterocycles. The van der Waals surface area contributed by atoms with Gasteiger partial charge in [0, 0.05) is 44.3 Å². The number of rotatable bonds is 10. The third-order valence-electron chi connectivity index (χ3n) is 15.1. The van der Waals surface area contributed by atoms with Gasteiger partial charge in [0.25, 0.3) is 0 Å². The molecule has 75 heavy (non-hydrogen) atoms. The van der Waals surface area contributed by atoms with Crippen LogP contribution in [0.4, 0.5) is 0 Å². The van der Waals surface area contributed by atoms with Gasteiger partial charge in [-0.15, -0.1) is 0 Å². The van der Waals surface area contributed by atoms with Crippen molar-refractivity contribution in [2.75, 3.05) is 0 Å². The molecule has 5 heteroatoms. The number of nitrogens with zero attached hydrogens (tertiary/aromatic N) is 4. The lowest BCUT2D eigenvalue weighted by atomic mass is 10.0. The Morgan fingerprint density at radius 1 is 0.267 bits per heavy atom. The zero-order valence-corrected chi connectivity index (χ0v) is 42.0. The average Bonchev–Trinajstić information content (AvgIpc) is 4.03. The number of fused-ring (bicyclic) bond motifs is 6. The third-order valence-corrected chi connectivity index (χ3v) is 19.8. The van der Waals surface area contributed by atoms with Crippen LogP contribution in [0.15, 0.2) is 291 Å². The van der Waals surface area contributed by atoms with E-state index >= 15 is 0 Å². The maximum Gasteiger partial charge on any atom is 0.237 e. The molecule has 352 valence electrons. The molecule has 3 heterocycles. The normalized spacial score (nSPS) is 11.7. The predicted octanol–water partition coefficient (Wildman–Crippen LogP) is 14.7. The summed E-state index contributed by atoms with van der Waals surface area (Å²) in [4.78, 5) is 11.6. The number of hydrogen-bond acceptors (Lipinski definition) is 2. The molecule has 0 saturated carbocycles. The first-order valence-electron chi connectivity index (χ1n) is 25.7. The monoisotopic (exact) mass is 972 g/mol. The Morgan fingerprint density at radius 2 is 0.653 bits per heavy atom. The maximum absolute atomic E-state index is 5.79. The van der Waals surface area contributed by atoms with Crippen molar-refractivity contribution in [3.63, 3.8) is 0 Å². The van der Waals surface area contributed by atoms with Crippen LogP contribution in [-0.4, -0.2) is 27.2 Å². The topological polar surface area (TPSA) is 35.6 Å². The predicted molar refractivity (Wildman–Crippen MR) is 316 cm³/mol. The second-order valence-electron chi connectivity index (χ2n) is 19.3. The van der Waals surface area contributed by atoms with E-state index < -0.39 is 8.07 Å². The first-order chi connectivity index (χ1) is 37.2. The van der Waals surface area contributed by atoms with Crippen LogP contribution in [0.3, 0.4) is 0 Å². The summed E-state index contributed by atoms with van der Waals surface area (Å²) < 4.78 is 4.68. The standard InChI is InChI=1S/C70H48N4Si/c1-6-24-49(25-7-1)52-30-20-36-56(46-52)75(54-32-12-4-13-33-54,55-34-14-5-15-35-55)57-37-21-31-53(47-57)64-48-67(73-65-44-18-16-38-60(65)62-42-22-40-58(68(62)73)50-26-8-2-9-27-50)72-70(71-64)74-66-45-19-17-39-61(66)63-43-23-41-59(69(63)74)51-28-10-3-11-29-51/h1-48H. The Kier molecular flexibility index (Phi) is 10.8. The van der Waals surface area contributed by atoms with Gasteiger partial charge in [0.15, 0.2) is 8.07 Å². The molecule has 0 radical (unpaired) electrons. The molecule has 0 spiro atoms. The molecule has 0 bridgehead atoms. The molecule has 14 rings (SSSR count). The van der Waals surface area contributed by atoms with Crippen LogP contribution in [-0.2, 0) is 0 Å². The molecule has 0 aliphatic rings. The highest BCUT2D eigenvalue weighted by atomic mass is 28.3. The van der Waals surface area contributed by atoms with E-state index in [9.17, 15) is 0 Å². The zero-order valence-electron chi connectivity index (χ0n) is 41.0. The van der Waals surface area contributed by atoms with Gasteiger partial charge >= 0.3 is 0 Å². The fourth-order valence-electron chi connectivity index (χ4n) is 11.8. The van der Waals surface area contributed by atoms with Gasteiger partial charge in [-0.1, -0.05) is 273 Å². The minimum atomic E-state index is -3.05. The highest BCUT2D eigenvalue weighted by Crippen LogP contribution is 2.41. The lowest BCUT2D eigenvalue weighted by Gasteiger charge is -2.35. The van der Waals surface area contributed by atoms with E-state index in [2.05, 4.69) is 300 Å². The van der Waals surface area contributed by atoms with Crippen molar-refractivity contribution >= 4 is 72.4 Å². The van der Waals surface area contributed by atoms with Gasteiger partial charge in [0.05, 0.1) is 27.8 Å². The number of benzene rings is 11. The molecule has 0 N–H and O–H groups in total. The second kappa shape index (κ2) is 18.4. The van der Waals surface area contributed by atoms with Crippen LogP contribution in [0, 0.1) is 0 Å². The van der Waals surface area contributed by atoms with Crippen LogP contribution in [0.5, 0.6) is 0 Å². The summed E-state index contributed by atoms with van der Waals surface area (Å²) in [5.74, 6) is 1.37. The molecule has 4 nitrogen and oxygen atoms in total. The second-order valence-corrected chi connectivity index (χ2v) is 23.1. The Hall–Kier alpha value is -9.68. The maximum atomic E-state index is 5.79. The molecule has 0 fully saturated rings. The number of aromatic nitrogens is 4. The first-order valence-corrected chi connectivity index (χ1v) is 27.7. The summed E-state index contributed by atoms with van der Waals surface area (Å²) >= 11 is 0. The van der Waals surface area contributed by atoms with Crippen LogP contribution in [0.1, 0.15) is 0 Å². The molecule has 14 aromatic rings. The van der Waals surface area contributed by atoms with Crippen molar-refractivity contribution in [1.29, 1.82) is 0 Å². The van der Waals surface area contributed by atoms with E-state index in [1.54, 1.807) is 0 Å². The molecular formula is C70H48N4Si. The Labute approximate surface area is 436 Å². The number of hydrogen-bond donors (Lipinski definition) is 0. The summed E-state index contributed by atoms with van der Waals surface area (Å²) in [6.45, 7) is 0. The Bertz CT molecular complexity index is 4180. The van der Waals surface area contributed by atoms with Gasteiger partial charge in [-0.2, -0.15) is 4.98 Å². The lowest BCUT2D eigenvalue weighted by molar-refractivity contribution is 0.952. The fraction of sp³-hybridized carbons (Fsp3) is 0. The van der Waals surface area contributed by atoms with Crippen LogP contribution < -0.4 is 20.7 Å². The van der Waals surface area contributed by atoms with Crippen molar-refractivity contribution in [3.05, 3.63) is 291 Å². The molecule has 0 saturated heterocycles. The van der Waals surface area contributed by atoms with Crippen LogP contribution >= 0.6 is 0 Å². The van der Waals surface area contributed by atoms with Gasteiger partial charge in [0.2, 0.25) is 5.95 Å². The summed E-state index contributed by atoms with van der Waals surface area (Å²) in [6, 6.07) is 106. The van der Waals surface area contributed by atoms with Gasteiger partial charge in [-0.3, -0.25) is 9.13 Å². The molecule has 0 amide bonds. The minimum Gasteiger partial charge on any atom is -0.293 e. The third kappa shape index (κ3) is 7.35. The average molecular weight is 973 g/mol. The van der Waals surface area contributed by atoms with Gasteiger partial charge in [0.1, 0.15) is 5.82 Å². The smallest absolute Gasteiger partial charge is 0.237 e. The summed E-state index contributed by atoms with van der Waals surface area (Å²) in [7, 11) is -3.05. The number of para-hydroxylation sites is 4. The highest BCUT2D eigenvalue weighted by Gasteiger charge is 2.42. The van der Waals surface area contributed by atoms with Crippen molar-refractivity contribution in [1.82, 2.24) is 19.1 Å². The van der Waals surface area contributed by atoms with E-state index in [-0.39, 0.29) is 0 Å². The molecule has 0 unspecified atom stereocenters.